The van der Waals surface area contributed by atoms with Gasteiger partial charge in [0.2, 0.25) is 12.7 Å². The van der Waals surface area contributed by atoms with Crippen LogP contribution in [0.5, 0.6) is 11.5 Å². The maximum absolute atomic E-state index is 13.4. The van der Waals surface area contributed by atoms with E-state index in [4.69, 9.17) is 9.47 Å². The highest BCUT2D eigenvalue weighted by molar-refractivity contribution is 7.90. The van der Waals surface area contributed by atoms with E-state index in [0.717, 1.165) is 11.1 Å². The van der Waals surface area contributed by atoms with Crippen molar-refractivity contribution in [1.82, 2.24) is 10.0 Å². The maximum atomic E-state index is 13.4. The van der Waals surface area contributed by atoms with Gasteiger partial charge in [0, 0.05) is 25.2 Å². The Morgan fingerprint density at radius 2 is 1.66 bits per heavy atom. The molecule has 1 aliphatic rings. The first-order valence-corrected chi connectivity index (χ1v) is 12.3. The lowest BCUT2D eigenvalue weighted by Crippen LogP contribution is -2.52. The van der Waals surface area contributed by atoms with Gasteiger partial charge in [0.05, 0.1) is 4.90 Å². The second-order valence-electron chi connectivity index (χ2n) is 8.07. The number of hydrogen-bond donors (Lipinski definition) is 2. The predicted molar refractivity (Wildman–Crippen MR) is 130 cm³/mol. The van der Waals surface area contributed by atoms with Crippen LogP contribution in [0.4, 0.5) is 10.5 Å². The number of benzene rings is 3. The molecule has 0 saturated heterocycles. The van der Waals surface area contributed by atoms with Gasteiger partial charge < -0.3 is 19.7 Å². The third kappa shape index (κ3) is 5.72. The molecule has 4 rings (SSSR count). The normalized spacial score (nSPS) is 13.1. The molecule has 1 aliphatic heterocycles. The summed E-state index contributed by atoms with van der Waals surface area (Å²) in [5, 5.41) is 2.53. The van der Waals surface area contributed by atoms with Crippen molar-refractivity contribution in [2.45, 2.75) is 24.3 Å². The molecule has 9 nitrogen and oxygen atoms in total. The summed E-state index contributed by atoms with van der Waals surface area (Å²) < 4.78 is 38.0. The van der Waals surface area contributed by atoms with Crippen molar-refractivity contribution in [2.24, 2.45) is 0 Å². The standard InChI is InChI=1S/C25H25N3O6S/c1-17-8-11-20(12-9-17)35(31,32)27-25(30)26-21(14-18-6-4-3-5-7-18)24(29)28(2)19-10-13-22-23(15-19)34-16-33-22/h3-13,15,21H,14,16H2,1-2H3,(H2,26,27,30). The molecule has 182 valence electrons. The first-order valence-electron chi connectivity index (χ1n) is 10.8. The summed E-state index contributed by atoms with van der Waals surface area (Å²) >= 11 is 0. The molecule has 0 spiro atoms. The summed E-state index contributed by atoms with van der Waals surface area (Å²) in [5.74, 6) is 0.654. The number of nitrogens with zero attached hydrogens (tertiary/aromatic N) is 1. The molecule has 0 fully saturated rings. The average Bonchev–Trinajstić information content (AvgIpc) is 3.31. The van der Waals surface area contributed by atoms with Gasteiger partial charge in [-0.3, -0.25) is 4.79 Å². The number of aryl methyl sites for hydroxylation is 1. The van der Waals surface area contributed by atoms with Crippen molar-refractivity contribution in [3.05, 3.63) is 83.9 Å². The van der Waals surface area contributed by atoms with E-state index in [1.807, 2.05) is 42.0 Å². The molecular weight excluding hydrogens is 470 g/mol. The van der Waals surface area contributed by atoms with Crippen LogP contribution in [0, 0.1) is 6.92 Å². The Balaban J connectivity index is 1.53. The minimum Gasteiger partial charge on any atom is -0.454 e. The summed E-state index contributed by atoms with van der Waals surface area (Å²) in [4.78, 5) is 27.5. The highest BCUT2D eigenvalue weighted by Gasteiger charge is 2.28. The fourth-order valence-corrected chi connectivity index (χ4v) is 4.51. The quantitative estimate of drug-likeness (QED) is 0.521. The molecule has 1 atom stereocenters. The third-order valence-electron chi connectivity index (χ3n) is 5.52. The van der Waals surface area contributed by atoms with Gasteiger partial charge in [-0.25, -0.2) is 17.9 Å². The molecular formula is C25H25N3O6S. The van der Waals surface area contributed by atoms with Gasteiger partial charge in [-0.1, -0.05) is 48.0 Å². The molecule has 1 heterocycles. The van der Waals surface area contributed by atoms with Gasteiger partial charge in [-0.05, 0) is 36.8 Å². The number of fused-ring (bicyclic) bond motifs is 1. The lowest BCUT2D eigenvalue weighted by Gasteiger charge is -2.25. The molecule has 0 bridgehead atoms. The van der Waals surface area contributed by atoms with Gasteiger partial charge in [0.1, 0.15) is 6.04 Å². The molecule has 0 radical (unpaired) electrons. The zero-order valence-corrected chi connectivity index (χ0v) is 20.0. The van der Waals surface area contributed by atoms with Crippen LogP contribution in [0.1, 0.15) is 11.1 Å². The van der Waals surface area contributed by atoms with Crippen LogP contribution in [-0.2, 0) is 21.2 Å². The van der Waals surface area contributed by atoms with Gasteiger partial charge in [0.15, 0.2) is 11.5 Å². The van der Waals surface area contributed by atoms with Crippen LogP contribution in [0.3, 0.4) is 0 Å². The molecule has 0 aliphatic carbocycles. The second-order valence-corrected chi connectivity index (χ2v) is 9.75. The van der Waals surface area contributed by atoms with E-state index in [-0.39, 0.29) is 18.1 Å². The van der Waals surface area contributed by atoms with Crippen molar-refractivity contribution in [2.75, 3.05) is 18.7 Å². The van der Waals surface area contributed by atoms with Gasteiger partial charge in [0.25, 0.3) is 10.0 Å². The molecule has 3 aromatic rings. The minimum absolute atomic E-state index is 0.0540. The number of hydrogen-bond acceptors (Lipinski definition) is 6. The monoisotopic (exact) mass is 495 g/mol. The Labute approximate surface area is 203 Å². The summed E-state index contributed by atoms with van der Waals surface area (Å²) in [6.45, 7) is 1.93. The minimum atomic E-state index is -4.12. The Hall–Kier alpha value is -4.05. The molecule has 2 N–H and O–H groups in total. The Kier molecular flexibility index (Phi) is 6.92. The van der Waals surface area contributed by atoms with E-state index in [1.165, 1.54) is 17.0 Å². The fraction of sp³-hybridized carbons (Fsp3) is 0.200. The highest BCUT2D eigenvalue weighted by atomic mass is 32.2. The molecule has 10 heteroatoms. The summed E-state index contributed by atoms with van der Waals surface area (Å²) in [6.07, 6.45) is 0.159. The number of urea groups is 1. The van der Waals surface area contributed by atoms with Crippen molar-refractivity contribution < 1.29 is 27.5 Å². The second kappa shape index (κ2) is 10.1. The molecule has 0 aromatic heterocycles. The van der Waals surface area contributed by atoms with Crippen LogP contribution in [0.15, 0.2) is 77.7 Å². The van der Waals surface area contributed by atoms with Crippen molar-refractivity contribution in [3.8, 4) is 11.5 Å². The molecule has 3 amide bonds. The number of anilines is 1. The van der Waals surface area contributed by atoms with Gasteiger partial charge in [-0.2, -0.15) is 0 Å². The predicted octanol–water partition coefficient (Wildman–Crippen LogP) is 2.99. The summed E-state index contributed by atoms with van der Waals surface area (Å²) in [5.41, 5.74) is 2.21. The molecule has 35 heavy (non-hydrogen) atoms. The number of ether oxygens (including phenoxy) is 2. The average molecular weight is 496 g/mol. The van der Waals surface area contributed by atoms with Crippen molar-refractivity contribution >= 4 is 27.6 Å². The van der Waals surface area contributed by atoms with Crippen LogP contribution < -0.4 is 24.4 Å². The largest absolute Gasteiger partial charge is 0.454 e. The topological polar surface area (TPSA) is 114 Å². The van der Waals surface area contributed by atoms with E-state index in [2.05, 4.69) is 5.32 Å². The smallest absolute Gasteiger partial charge is 0.329 e. The third-order valence-corrected chi connectivity index (χ3v) is 6.87. The lowest BCUT2D eigenvalue weighted by molar-refractivity contribution is -0.120. The number of carbonyl (C=O) groups is 2. The van der Waals surface area contributed by atoms with E-state index < -0.39 is 28.0 Å². The first kappa shape index (κ1) is 24.1. The Morgan fingerprint density at radius 3 is 2.37 bits per heavy atom. The Morgan fingerprint density at radius 1 is 0.971 bits per heavy atom. The highest BCUT2D eigenvalue weighted by Crippen LogP contribution is 2.35. The maximum Gasteiger partial charge on any atom is 0.329 e. The molecule has 1 unspecified atom stereocenters. The number of amides is 3. The van der Waals surface area contributed by atoms with Crippen molar-refractivity contribution in [1.29, 1.82) is 0 Å². The van der Waals surface area contributed by atoms with Crippen LogP contribution in [0.2, 0.25) is 0 Å². The van der Waals surface area contributed by atoms with Crippen molar-refractivity contribution in [3.63, 3.8) is 0 Å². The van der Waals surface area contributed by atoms with E-state index in [9.17, 15) is 18.0 Å². The van der Waals surface area contributed by atoms with Crippen LogP contribution in [-0.4, -0.2) is 40.2 Å². The lowest BCUT2D eigenvalue weighted by atomic mass is 10.0. The molecule has 0 saturated carbocycles. The zero-order valence-electron chi connectivity index (χ0n) is 19.2. The zero-order chi connectivity index (χ0) is 25.0. The van der Waals surface area contributed by atoms with Gasteiger partial charge in [-0.15, -0.1) is 0 Å². The summed E-state index contributed by atoms with van der Waals surface area (Å²) in [6, 6.07) is 18.2. The molecule has 3 aromatic carbocycles. The summed E-state index contributed by atoms with van der Waals surface area (Å²) in [7, 11) is -2.55. The number of sulfonamides is 1. The number of carbonyl (C=O) groups excluding carboxylic acids is 2. The number of nitrogens with one attached hydrogen (secondary N) is 2. The van der Waals surface area contributed by atoms with Crippen LogP contribution >= 0.6 is 0 Å². The first-order chi connectivity index (χ1) is 16.7. The van der Waals surface area contributed by atoms with Crippen LogP contribution in [0.25, 0.3) is 0 Å². The number of rotatable bonds is 7. The number of likely N-dealkylation sites (N-methyl/N-ethyl adjacent to an activating group) is 1. The van der Waals surface area contributed by atoms with E-state index in [0.29, 0.717) is 17.2 Å². The Bertz CT molecular complexity index is 1330. The van der Waals surface area contributed by atoms with Gasteiger partial charge >= 0.3 is 6.03 Å². The SMILES string of the molecule is Cc1ccc(S(=O)(=O)NC(=O)NC(Cc2ccccc2)C(=O)N(C)c2ccc3c(c2)OCO3)cc1. The van der Waals surface area contributed by atoms with E-state index >= 15 is 0 Å². The van der Waals surface area contributed by atoms with E-state index in [1.54, 1.807) is 37.4 Å². The fourth-order valence-electron chi connectivity index (χ4n) is 3.59.